The molecule has 25 heavy (non-hydrogen) atoms. The normalized spacial score (nSPS) is 10.5. The first-order valence-corrected chi connectivity index (χ1v) is 7.49. The van der Waals surface area contributed by atoms with Gasteiger partial charge >= 0.3 is 0 Å². The molecule has 3 aromatic rings. The van der Waals surface area contributed by atoms with Crippen LogP contribution >= 0.6 is 0 Å². The van der Waals surface area contributed by atoms with Gasteiger partial charge in [0, 0.05) is 6.07 Å². The quantitative estimate of drug-likeness (QED) is 0.506. The van der Waals surface area contributed by atoms with Crippen LogP contribution in [-0.2, 0) is 6.61 Å². The number of hydrogen-bond acceptors (Lipinski definition) is 6. The Hall–Kier alpha value is -3.42. The summed E-state index contributed by atoms with van der Waals surface area (Å²) in [6.45, 7) is 2.05. The molecule has 0 aliphatic carbocycles. The van der Waals surface area contributed by atoms with Crippen molar-refractivity contribution < 1.29 is 14.4 Å². The lowest BCUT2D eigenvalue weighted by Crippen LogP contribution is -2.05. The number of ether oxygens (including phenoxy) is 2. The van der Waals surface area contributed by atoms with Crippen LogP contribution in [0.3, 0.4) is 0 Å². The molecule has 0 aliphatic heterocycles. The largest absolute Gasteiger partial charge is 0.497 e. The van der Waals surface area contributed by atoms with E-state index in [1.807, 2.05) is 24.3 Å². The fraction of sp³-hybridized carbons (Fsp3) is 0.176. The van der Waals surface area contributed by atoms with Gasteiger partial charge in [-0.15, -0.1) is 0 Å². The fourth-order valence-corrected chi connectivity index (χ4v) is 2.33. The zero-order valence-corrected chi connectivity index (χ0v) is 13.7. The van der Waals surface area contributed by atoms with Crippen molar-refractivity contribution >= 4 is 5.69 Å². The van der Waals surface area contributed by atoms with Gasteiger partial charge in [-0.1, -0.05) is 12.1 Å². The van der Waals surface area contributed by atoms with E-state index >= 15 is 0 Å². The van der Waals surface area contributed by atoms with E-state index in [1.54, 1.807) is 24.8 Å². The summed E-state index contributed by atoms with van der Waals surface area (Å²) in [7, 11) is 1.60. The number of rotatable bonds is 6. The van der Waals surface area contributed by atoms with Crippen molar-refractivity contribution in [3.05, 3.63) is 70.3 Å². The monoisotopic (exact) mass is 340 g/mol. The molecular weight excluding hydrogens is 324 g/mol. The summed E-state index contributed by atoms with van der Waals surface area (Å²) >= 11 is 0. The number of nitrogens with zero attached hydrogens (tertiary/aromatic N) is 4. The summed E-state index contributed by atoms with van der Waals surface area (Å²) in [6.07, 6.45) is 1.42. The molecule has 0 N–H and O–H groups in total. The van der Waals surface area contributed by atoms with Crippen molar-refractivity contribution in [2.75, 3.05) is 7.11 Å². The van der Waals surface area contributed by atoms with Crippen LogP contribution in [0.2, 0.25) is 0 Å². The van der Waals surface area contributed by atoms with Crippen LogP contribution in [0.25, 0.3) is 5.69 Å². The molecule has 0 fully saturated rings. The van der Waals surface area contributed by atoms with Gasteiger partial charge in [-0.3, -0.25) is 10.1 Å². The van der Waals surface area contributed by atoms with E-state index < -0.39 is 4.92 Å². The molecule has 0 spiro atoms. The average molecular weight is 340 g/mol. The highest BCUT2D eigenvalue weighted by Gasteiger charge is 2.15. The van der Waals surface area contributed by atoms with Crippen molar-refractivity contribution in [2.24, 2.45) is 0 Å². The number of non-ortho nitro benzene ring substituents is 1. The summed E-state index contributed by atoms with van der Waals surface area (Å²) in [5, 5.41) is 15.2. The zero-order valence-electron chi connectivity index (χ0n) is 13.7. The second-order valence-electron chi connectivity index (χ2n) is 5.26. The Bertz CT molecular complexity index is 890. The van der Waals surface area contributed by atoms with Crippen molar-refractivity contribution in [3.63, 3.8) is 0 Å². The van der Waals surface area contributed by atoms with Gasteiger partial charge in [0.15, 0.2) is 5.75 Å². The minimum Gasteiger partial charge on any atom is -0.497 e. The molecule has 1 heterocycles. The Balaban J connectivity index is 1.90. The van der Waals surface area contributed by atoms with Gasteiger partial charge in [-0.2, -0.15) is 5.10 Å². The minimum atomic E-state index is -0.460. The molecular formula is C17H16N4O4. The fourth-order valence-electron chi connectivity index (χ4n) is 2.33. The van der Waals surface area contributed by atoms with E-state index in [1.165, 1.54) is 18.5 Å². The molecule has 128 valence electrons. The van der Waals surface area contributed by atoms with Crippen LogP contribution in [0.1, 0.15) is 11.4 Å². The van der Waals surface area contributed by atoms with Crippen LogP contribution in [-0.4, -0.2) is 26.8 Å². The first-order valence-electron chi connectivity index (χ1n) is 7.49. The predicted octanol–water partition coefficient (Wildman–Crippen LogP) is 3.07. The Kier molecular flexibility index (Phi) is 4.60. The highest BCUT2D eigenvalue weighted by atomic mass is 16.6. The van der Waals surface area contributed by atoms with Gasteiger partial charge in [0.05, 0.1) is 18.1 Å². The summed E-state index contributed by atoms with van der Waals surface area (Å²) in [6, 6.07) is 11.8. The van der Waals surface area contributed by atoms with Gasteiger partial charge in [0.25, 0.3) is 5.69 Å². The molecule has 8 heteroatoms. The highest BCUT2D eigenvalue weighted by Crippen LogP contribution is 2.29. The molecule has 2 aromatic carbocycles. The highest BCUT2D eigenvalue weighted by molar-refractivity contribution is 5.53. The lowest BCUT2D eigenvalue weighted by atomic mass is 10.2. The lowest BCUT2D eigenvalue weighted by molar-refractivity contribution is -0.384. The van der Waals surface area contributed by atoms with Crippen molar-refractivity contribution in [1.29, 1.82) is 0 Å². The zero-order chi connectivity index (χ0) is 17.8. The maximum absolute atomic E-state index is 11.1. The van der Waals surface area contributed by atoms with E-state index in [4.69, 9.17) is 9.47 Å². The summed E-state index contributed by atoms with van der Waals surface area (Å²) < 4.78 is 12.5. The van der Waals surface area contributed by atoms with Gasteiger partial charge in [-0.25, -0.2) is 9.67 Å². The van der Waals surface area contributed by atoms with Crippen LogP contribution in [0, 0.1) is 17.0 Å². The molecule has 0 aliphatic rings. The second kappa shape index (κ2) is 7.00. The molecule has 0 unspecified atom stereocenters. The Labute approximate surface area is 143 Å². The lowest BCUT2D eigenvalue weighted by Gasteiger charge is -2.12. The maximum atomic E-state index is 11.1. The molecule has 0 saturated heterocycles. The number of methoxy groups -OCH3 is 1. The third-order valence-electron chi connectivity index (χ3n) is 3.65. The van der Waals surface area contributed by atoms with Crippen LogP contribution in [0.5, 0.6) is 11.5 Å². The third kappa shape index (κ3) is 3.57. The molecule has 0 radical (unpaired) electrons. The van der Waals surface area contributed by atoms with E-state index in [-0.39, 0.29) is 12.3 Å². The molecule has 1 aromatic heterocycles. The Morgan fingerprint density at radius 3 is 2.56 bits per heavy atom. The number of nitro groups is 1. The average Bonchev–Trinajstić information content (AvgIpc) is 3.05. The van der Waals surface area contributed by atoms with E-state index in [0.717, 1.165) is 11.3 Å². The first kappa shape index (κ1) is 16.4. The SMILES string of the molecule is COc1ccc(COc2cc([N+](=O)[O-])ccc2-n2ncnc2C)cc1. The van der Waals surface area contributed by atoms with Crippen molar-refractivity contribution in [1.82, 2.24) is 14.8 Å². The van der Waals surface area contributed by atoms with Crippen LogP contribution in [0.15, 0.2) is 48.8 Å². The molecule has 0 atom stereocenters. The van der Waals surface area contributed by atoms with E-state index in [2.05, 4.69) is 10.1 Å². The van der Waals surface area contributed by atoms with Gasteiger partial charge < -0.3 is 9.47 Å². The molecule has 3 rings (SSSR count). The van der Waals surface area contributed by atoms with Crippen molar-refractivity contribution in [3.8, 4) is 17.2 Å². The second-order valence-corrected chi connectivity index (χ2v) is 5.26. The third-order valence-corrected chi connectivity index (χ3v) is 3.65. The number of nitro benzene ring substituents is 1. The molecule has 8 nitrogen and oxygen atoms in total. The number of hydrogen-bond donors (Lipinski definition) is 0. The number of aryl methyl sites for hydroxylation is 1. The van der Waals surface area contributed by atoms with Crippen LogP contribution < -0.4 is 9.47 Å². The first-order chi connectivity index (χ1) is 12.1. The summed E-state index contributed by atoms with van der Waals surface area (Å²) in [4.78, 5) is 14.7. The molecule has 0 saturated carbocycles. The standard InChI is InChI=1S/C17H16N4O4/c1-12-18-11-19-20(12)16-8-5-14(21(22)23)9-17(16)25-10-13-3-6-15(24-2)7-4-13/h3-9,11H,10H2,1-2H3. The predicted molar refractivity (Wildman–Crippen MR) is 90.1 cm³/mol. The Morgan fingerprint density at radius 2 is 1.96 bits per heavy atom. The number of benzene rings is 2. The number of aromatic nitrogens is 3. The van der Waals surface area contributed by atoms with E-state index in [0.29, 0.717) is 17.3 Å². The molecule has 0 bridgehead atoms. The van der Waals surface area contributed by atoms with E-state index in [9.17, 15) is 10.1 Å². The van der Waals surface area contributed by atoms with Crippen molar-refractivity contribution in [2.45, 2.75) is 13.5 Å². The van der Waals surface area contributed by atoms with Gasteiger partial charge in [0.1, 0.15) is 30.2 Å². The topological polar surface area (TPSA) is 92.3 Å². The van der Waals surface area contributed by atoms with Gasteiger partial charge in [0.2, 0.25) is 0 Å². The Morgan fingerprint density at radius 1 is 1.20 bits per heavy atom. The summed E-state index contributed by atoms with van der Waals surface area (Å²) in [5.41, 5.74) is 1.45. The maximum Gasteiger partial charge on any atom is 0.273 e. The summed E-state index contributed by atoms with van der Waals surface area (Å²) in [5.74, 6) is 1.76. The minimum absolute atomic E-state index is 0.0498. The smallest absolute Gasteiger partial charge is 0.273 e. The van der Waals surface area contributed by atoms with Crippen LogP contribution in [0.4, 0.5) is 5.69 Å². The molecule has 0 amide bonds. The van der Waals surface area contributed by atoms with Gasteiger partial charge in [-0.05, 0) is 30.7 Å².